The predicted octanol–water partition coefficient (Wildman–Crippen LogP) is 1.77. The molecule has 2 amide bonds. The first-order valence-corrected chi connectivity index (χ1v) is 10.1. The van der Waals surface area contributed by atoms with E-state index in [0.29, 0.717) is 5.69 Å². The molecule has 2 fully saturated rings. The van der Waals surface area contributed by atoms with Crippen molar-refractivity contribution < 1.29 is 24.2 Å². The zero-order chi connectivity index (χ0) is 21.3. The van der Waals surface area contributed by atoms with Crippen molar-refractivity contribution in [1.29, 1.82) is 0 Å². The number of hydrogen-bond acceptors (Lipinski definition) is 6. The van der Waals surface area contributed by atoms with Crippen molar-refractivity contribution in [2.45, 2.75) is 19.0 Å². The Morgan fingerprint density at radius 2 is 1.70 bits per heavy atom. The van der Waals surface area contributed by atoms with Gasteiger partial charge in [-0.1, -0.05) is 48.5 Å². The summed E-state index contributed by atoms with van der Waals surface area (Å²) >= 11 is 0. The van der Waals surface area contributed by atoms with E-state index in [2.05, 4.69) is 0 Å². The van der Waals surface area contributed by atoms with Crippen LogP contribution in [-0.2, 0) is 19.1 Å². The first-order valence-electron chi connectivity index (χ1n) is 10.1. The van der Waals surface area contributed by atoms with Gasteiger partial charge < -0.3 is 9.84 Å². The standard InChI is InChI=1S/C23H24N2O5/c1-2-30-23(29)20-19-17(13-24(20)18(14-26)15-9-5-3-6-10-15)21(27)25(22(19)28)16-11-7-4-8-12-16/h3-12,17-20,26H,2,13-14H2,1H3/t17-,18-,19-,20+/m1/s1. The summed E-state index contributed by atoms with van der Waals surface area (Å²) in [5, 5.41) is 10.1. The molecule has 2 aliphatic rings. The maximum absolute atomic E-state index is 13.3. The van der Waals surface area contributed by atoms with Crippen molar-refractivity contribution in [2.75, 3.05) is 24.7 Å². The van der Waals surface area contributed by atoms with Gasteiger partial charge in [-0.05, 0) is 24.6 Å². The Labute approximate surface area is 174 Å². The molecular weight excluding hydrogens is 384 g/mol. The van der Waals surface area contributed by atoms with Crippen LogP contribution in [0.3, 0.4) is 0 Å². The van der Waals surface area contributed by atoms with Crippen LogP contribution in [0.1, 0.15) is 18.5 Å². The Morgan fingerprint density at radius 1 is 1.07 bits per heavy atom. The normalized spacial score (nSPS) is 24.7. The van der Waals surface area contributed by atoms with E-state index < -0.39 is 35.8 Å². The number of aliphatic hydroxyl groups is 1. The first kappa shape index (κ1) is 20.3. The van der Waals surface area contributed by atoms with Gasteiger partial charge in [-0.15, -0.1) is 0 Å². The van der Waals surface area contributed by atoms with Gasteiger partial charge in [-0.3, -0.25) is 19.3 Å². The number of aliphatic hydroxyl groups excluding tert-OH is 1. The number of imide groups is 1. The van der Waals surface area contributed by atoms with Crippen LogP contribution in [0.5, 0.6) is 0 Å². The number of amides is 2. The van der Waals surface area contributed by atoms with Crippen LogP contribution in [0.2, 0.25) is 0 Å². The first-order chi connectivity index (χ1) is 14.6. The molecule has 30 heavy (non-hydrogen) atoms. The van der Waals surface area contributed by atoms with Crippen LogP contribution in [0.4, 0.5) is 5.69 Å². The van der Waals surface area contributed by atoms with Crippen LogP contribution >= 0.6 is 0 Å². The molecule has 2 aromatic rings. The fourth-order valence-corrected chi connectivity index (χ4v) is 4.58. The summed E-state index contributed by atoms with van der Waals surface area (Å²) in [6.07, 6.45) is 0. The van der Waals surface area contributed by atoms with Crippen molar-refractivity contribution in [1.82, 2.24) is 4.90 Å². The molecule has 0 aromatic heterocycles. The SMILES string of the molecule is CCOC(=O)[C@@H]1[C@@H]2C(=O)N(c3ccccc3)C(=O)[C@@H]2CN1[C@H](CO)c1ccccc1. The monoisotopic (exact) mass is 408 g/mol. The van der Waals surface area contributed by atoms with Crippen molar-refractivity contribution in [3.63, 3.8) is 0 Å². The molecule has 156 valence electrons. The van der Waals surface area contributed by atoms with Crippen LogP contribution in [-0.4, -0.2) is 53.6 Å². The Kier molecular flexibility index (Phi) is 5.65. The lowest BCUT2D eigenvalue weighted by Gasteiger charge is -2.33. The van der Waals surface area contributed by atoms with Gasteiger partial charge >= 0.3 is 5.97 Å². The zero-order valence-electron chi connectivity index (χ0n) is 16.7. The number of carbonyl (C=O) groups is 3. The second-order valence-corrected chi connectivity index (χ2v) is 7.48. The molecule has 2 saturated heterocycles. The molecule has 4 rings (SSSR count). The van der Waals surface area contributed by atoms with E-state index in [9.17, 15) is 19.5 Å². The average molecular weight is 408 g/mol. The second-order valence-electron chi connectivity index (χ2n) is 7.48. The molecule has 7 nitrogen and oxygen atoms in total. The summed E-state index contributed by atoms with van der Waals surface area (Å²) in [5.74, 6) is -2.77. The smallest absolute Gasteiger partial charge is 0.324 e. The highest BCUT2D eigenvalue weighted by Gasteiger charge is 2.61. The van der Waals surface area contributed by atoms with Crippen molar-refractivity contribution in [3.8, 4) is 0 Å². The van der Waals surface area contributed by atoms with Gasteiger partial charge in [0.25, 0.3) is 0 Å². The number of esters is 1. The van der Waals surface area contributed by atoms with Gasteiger partial charge in [0.15, 0.2) is 0 Å². The van der Waals surface area contributed by atoms with Crippen molar-refractivity contribution >= 4 is 23.5 Å². The summed E-state index contributed by atoms with van der Waals surface area (Å²) < 4.78 is 5.28. The maximum atomic E-state index is 13.3. The summed E-state index contributed by atoms with van der Waals surface area (Å²) in [6.45, 7) is 1.82. The highest BCUT2D eigenvalue weighted by molar-refractivity contribution is 6.23. The molecule has 0 aliphatic carbocycles. The number of anilines is 1. The number of likely N-dealkylation sites (tertiary alicyclic amines) is 1. The lowest BCUT2D eigenvalue weighted by molar-refractivity contribution is -0.152. The van der Waals surface area contributed by atoms with E-state index in [1.807, 2.05) is 36.4 Å². The molecular formula is C23H24N2O5. The number of fused-ring (bicyclic) bond motifs is 1. The topological polar surface area (TPSA) is 87.2 Å². The molecule has 2 aromatic carbocycles. The molecule has 2 heterocycles. The number of ether oxygens (including phenoxy) is 1. The minimum absolute atomic E-state index is 0.167. The van der Waals surface area contributed by atoms with Crippen LogP contribution in [0.25, 0.3) is 0 Å². The second kappa shape index (κ2) is 8.38. The van der Waals surface area contributed by atoms with Gasteiger partial charge in [0.2, 0.25) is 11.8 Å². The molecule has 7 heteroatoms. The third-order valence-electron chi connectivity index (χ3n) is 5.88. The fraction of sp³-hybridized carbons (Fsp3) is 0.348. The molecule has 2 aliphatic heterocycles. The number of nitrogens with zero attached hydrogens (tertiary/aromatic N) is 2. The number of hydrogen-bond donors (Lipinski definition) is 1. The third-order valence-corrected chi connectivity index (χ3v) is 5.88. The van der Waals surface area contributed by atoms with Crippen molar-refractivity contribution in [2.24, 2.45) is 11.8 Å². The van der Waals surface area contributed by atoms with Gasteiger partial charge in [-0.2, -0.15) is 0 Å². The Bertz CT molecular complexity index is 933. The van der Waals surface area contributed by atoms with E-state index in [-0.39, 0.29) is 25.7 Å². The van der Waals surface area contributed by atoms with Crippen LogP contribution in [0, 0.1) is 11.8 Å². The molecule has 4 atom stereocenters. The van der Waals surface area contributed by atoms with Gasteiger partial charge in [0.05, 0.1) is 36.8 Å². The van der Waals surface area contributed by atoms with Gasteiger partial charge in [-0.25, -0.2) is 4.90 Å². The summed E-state index contributed by atoms with van der Waals surface area (Å²) in [7, 11) is 0. The molecule has 0 spiro atoms. The van der Waals surface area contributed by atoms with Crippen LogP contribution < -0.4 is 4.90 Å². The maximum Gasteiger partial charge on any atom is 0.324 e. The Hall–Kier alpha value is -3.03. The zero-order valence-corrected chi connectivity index (χ0v) is 16.7. The predicted molar refractivity (Wildman–Crippen MR) is 109 cm³/mol. The van der Waals surface area contributed by atoms with Crippen LogP contribution in [0.15, 0.2) is 60.7 Å². The fourth-order valence-electron chi connectivity index (χ4n) is 4.58. The van der Waals surface area contributed by atoms with Gasteiger partial charge in [0, 0.05) is 6.54 Å². The Balaban J connectivity index is 1.72. The minimum atomic E-state index is -0.933. The number of para-hydroxylation sites is 1. The van der Waals surface area contributed by atoms with E-state index in [1.165, 1.54) is 4.90 Å². The largest absolute Gasteiger partial charge is 0.465 e. The molecule has 0 saturated carbocycles. The van der Waals surface area contributed by atoms with E-state index >= 15 is 0 Å². The number of carbonyl (C=O) groups excluding carboxylic acids is 3. The minimum Gasteiger partial charge on any atom is -0.465 e. The molecule has 0 unspecified atom stereocenters. The highest BCUT2D eigenvalue weighted by atomic mass is 16.5. The van der Waals surface area contributed by atoms with E-state index in [4.69, 9.17) is 4.74 Å². The third kappa shape index (κ3) is 3.30. The number of rotatable bonds is 6. The number of benzene rings is 2. The Morgan fingerprint density at radius 3 is 2.30 bits per heavy atom. The van der Waals surface area contributed by atoms with Gasteiger partial charge in [0.1, 0.15) is 6.04 Å². The molecule has 0 radical (unpaired) electrons. The molecule has 0 bridgehead atoms. The van der Waals surface area contributed by atoms with E-state index in [0.717, 1.165) is 5.56 Å². The van der Waals surface area contributed by atoms with E-state index in [1.54, 1.807) is 36.1 Å². The van der Waals surface area contributed by atoms with Crippen molar-refractivity contribution in [3.05, 3.63) is 66.2 Å². The quantitative estimate of drug-likeness (QED) is 0.579. The lowest BCUT2D eigenvalue weighted by atomic mass is 9.93. The average Bonchev–Trinajstić information content (AvgIpc) is 3.26. The summed E-state index contributed by atoms with van der Waals surface area (Å²) in [4.78, 5) is 42.3. The summed E-state index contributed by atoms with van der Waals surface area (Å²) in [6, 6.07) is 16.6. The highest BCUT2D eigenvalue weighted by Crippen LogP contribution is 2.43. The lowest BCUT2D eigenvalue weighted by Crippen LogP contribution is -2.47. The summed E-state index contributed by atoms with van der Waals surface area (Å²) in [5.41, 5.74) is 1.31. The molecule has 1 N–H and O–H groups in total.